The van der Waals surface area contributed by atoms with Gasteiger partial charge in [0.05, 0.1) is 37.9 Å². The van der Waals surface area contributed by atoms with E-state index >= 15 is 0 Å². The van der Waals surface area contributed by atoms with Crippen LogP contribution >= 0.6 is 0 Å². The molecule has 3 fully saturated rings. The Morgan fingerprint density at radius 2 is 1.88 bits per heavy atom. The summed E-state index contributed by atoms with van der Waals surface area (Å²) >= 11 is 0. The van der Waals surface area contributed by atoms with Crippen LogP contribution in [0.1, 0.15) is 37.7 Å². The van der Waals surface area contributed by atoms with Crippen molar-refractivity contribution in [3.05, 3.63) is 30.1 Å². The smallest absolute Gasteiger partial charge is 0.226 e. The summed E-state index contributed by atoms with van der Waals surface area (Å²) in [5.41, 5.74) is 0.993. The first-order chi connectivity index (χ1) is 15.6. The summed E-state index contributed by atoms with van der Waals surface area (Å²) < 4.78 is 17.3. The molecule has 0 aliphatic carbocycles. The highest BCUT2D eigenvalue weighted by Crippen LogP contribution is 2.30. The molecule has 9 heteroatoms. The average Bonchev–Trinajstić information content (AvgIpc) is 2.81. The van der Waals surface area contributed by atoms with Crippen molar-refractivity contribution in [3.8, 4) is 0 Å². The predicted molar refractivity (Wildman–Crippen MR) is 114 cm³/mol. The van der Waals surface area contributed by atoms with Gasteiger partial charge in [0.15, 0.2) is 0 Å². The van der Waals surface area contributed by atoms with Gasteiger partial charge in [0.1, 0.15) is 6.10 Å². The number of rotatable bonds is 5. The summed E-state index contributed by atoms with van der Waals surface area (Å²) in [6.07, 6.45) is 5.24. The lowest BCUT2D eigenvalue weighted by molar-refractivity contribution is -0.173. The molecule has 1 aromatic rings. The van der Waals surface area contributed by atoms with Gasteiger partial charge in [-0.1, -0.05) is 0 Å². The minimum absolute atomic E-state index is 0.0671. The molecule has 3 aliphatic rings. The number of aliphatic hydroxyl groups excluding tert-OH is 1. The Labute approximate surface area is 188 Å². The number of β-amino-alcohol motifs (C(OH)–C–C–N with tert-alkyl or cyclic N) is 1. The molecule has 0 saturated carbocycles. The molecule has 176 valence electrons. The molecular formula is C23H33N3O6. The van der Waals surface area contributed by atoms with Crippen LogP contribution in [0.3, 0.4) is 0 Å². The molecule has 2 N–H and O–H groups in total. The zero-order chi connectivity index (χ0) is 22.3. The number of aromatic nitrogens is 1. The van der Waals surface area contributed by atoms with E-state index in [1.54, 1.807) is 12.4 Å². The number of pyridine rings is 1. The standard InChI is InChI=1S/C23H33N3O6/c27-18-13-26(23(29)17-5-9-30-10-6-17)20-2-1-19(32-21(20)15-31-14-18)11-22(28)25-12-16-3-7-24-8-4-16/h3-4,7-8,17-21,27H,1-2,5-6,9-15H2,(H,25,28)/t18-,19+,20-,21+/m1/s1. The van der Waals surface area contributed by atoms with Gasteiger partial charge in [0.2, 0.25) is 11.8 Å². The number of carbonyl (C=O) groups is 2. The monoisotopic (exact) mass is 447 g/mol. The van der Waals surface area contributed by atoms with Crippen LogP contribution in [0.4, 0.5) is 0 Å². The van der Waals surface area contributed by atoms with Gasteiger partial charge in [-0.3, -0.25) is 14.6 Å². The second-order valence-corrected chi connectivity index (χ2v) is 8.85. The maximum absolute atomic E-state index is 13.3. The lowest BCUT2D eigenvalue weighted by Crippen LogP contribution is -2.58. The van der Waals surface area contributed by atoms with E-state index in [2.05, 4.69) is 10.3 Å². The molecule has 0 aromatic carbocycles. The Morgan fingerprint density at radius 1 is 1.09 bits per heavy atom. The molecule has 0 spiro atoms. The molecule has 9 nitrogen and oxygen atoms in total. The van der Waals surface area contributed by atoms with E-state index in [1.165, 1.54) is 0 Å². The highest BCUT2D eigenvalue weighted by Gasteiger charge is 2.41. The first-order valence-corrected chi connectivity index (χ1v) is 11.5. The summed E-state index contributed by atoms with van der Waals surface area (Å²) in [5, 5.41) is 13.2. The number of nitrogens with zero attached hydrogens (tertiary/aromatic N) is 2. The number of hydrogen-bond donors (Lipinski definition) is 2. The number of aliphatic hydroxyl groups is 1. The molecule has 0 radical (unpaired) electrons. The fourth-order valence-corrected chi connectivity index (χ4v) is 4.75. The number of hydrogen-bond acceptors (Lipinski definition) is 7. The van der Waals surface area contributed by atoms with Gasteiger partial charge in [-0.05, 0) is 43.4 Å². The lowest BCUT2D eigenvalue weighted by atomic mass is 9.91. The Kier molecular flexibility index (Phi) is 8.07. The van der Waals surface area contributed by atoms with Gasteiger partial charge in [0, 0.05) is 44.6 Å². The van der Waals surface area contributed by atoms with E-state index in [1.807, 2.05) is 17.0 Å². The number of amides is 2. The number of ether oxygens (including phenoxy) is 3. The molecule has 4 heterocycles. The summed E-state index contributed by atoms with van der Waals surface area (Å²) in [4.78, 5) is 31.5. The lowest BCUT2D eigenvalue weighted by Gasteiger charge is -2.45. The highest BCUT2D eigenvalue weighted by atomic mass is 16.5. The Balaban J connectivity index is 1.34. The van der Waals surface area contributed by atoms with E-state index in [-0.39, 0.29) is 55.6 Å². The van der Waals surface area contributed by atoms with Gasteiger partial charge in [-0.15, -0.1) is 0 Å². The largest absolute Gasteiger partial charge is 0.389 e. The van der Waals surface area contributed by atoms with Crippen molar-refractivity contribution in [2.75, 3.05) is 33.0 Å². The number of carbonyl (C=O) groups excluding carboxylic acids is 2. The fraction of sp³-hybridized carbons (Fsp3) is 0.696. The maximum atomic E-state index is 13.3. The van der Waals surface area contributed by atoms with Crippen molar-refractivity contribution in [1.29, 1.82) is 0 Å². The minimum Gasteiger partial charge on any atom is -0.389 e. The summed E-state index contributed by atoms with van der Waals surface area (Å²) in [7, 11) is 0. The zero-order valence-electron chi connectivity index (χ0n) is 18.4. The van der Waals surface area contributed by atoms with Crippen LogP contribution in [-0.4, -0.2) is 84.1 Å². The van der Waals surface area contributed by atoms with Crippen molar-refractivity contribution in [3.63, 3.8) is 0 Å². The van der Waals surface area contributed by atoms with E-state index < -0.39 is 6.10 Å². The van der Waals surface area contributed by atoms with Gasteiger partial charge in [-0.25, -0.2) is 0 Å². The van der Waals surface area contributed by atoms with Gasteiger partial charge in [0.25, 0.3) is 0 Å². The van der Waals surface area contributed by atoms with Crippen LogP contribution < -0.4 is 5.32 Å². The van der Waals surface area contributed by atoms with Crippen molar-refractivity contribution in [2.45, 2.75) is 63.0 Å². The Bertz CT molecular complexity index is 757. The van der Waals surface area contributed by atoms with Crippen LogP contribution in [0.15, 0.2) is 24.5 Å². The first-order valence-electron chi connectivity index (χ1n) is 11.5. The van der Waals surface area contributed by atoms with Crippen LogP contribution in [0.2, 0.25) is 0 Å². The maximum Gasteiger partial charge on any atom is 0.226 e. The zero-order valence-corrected chi connectivity index (χ0v) is 18.4. The third-order valence-corrected chi connectivity index (χ3v) is 6.49. The van der Waals surface area contributed by atoms with Crippen LogP contribution in [0.5, 0.6) is 0 Å². The van der Waals surface area contributed by atoms with Crippen LogP contribution in [0.25, 0.3) is 0 Å². The summed E-state index contributed by atoms with van der Waals surface area (Å²) in [6, 6.07) is 3.58. The van der Waals surface area contributed by atoms with Gasteiger partial charge >= 0.3 is 0 Å². The molecule has 3 saturated heterocycles. The number of nitrogens with one attached hydrogen (secondary N) is 1. The van der Waals surface area contributed by atoms with Crippen LogP contribution in [0, 0.1) is 5.92 Å². The molecule has 32 heavy (non-hydrogen) atoms. The summed E-state index contributed by atoms with van der Waals surface area (Å²) in [6.45, 7) is 2.36. The summed E-state index contributed by atoms with van der Waals surface area (Å²) in [5.74, 6) is -0.0717. The fourth-order valence-electron chi connectivity index (χ4n) is 4.75. The predicted octanol–water partition coefficient (Wildman–Crippen LogP) is 0.650. The van der Waals surface area contributed by atoms with Gasteiger partial charge < -0.3 is 29.5 Å². The van der Waals surface area contributed by atoms with Crippen LogP contribution in [-0.2, 0) is 30.3 Å². The third kappa shape index (κ3) is 6.04. The quantitative estimate of drug-likeness (QED) is 0.682. The molecule has 4 rings (SSSR count). The third-order valence-electron chi connectivity index (χ3n) is 6.49. The Hall–Kier alpha value is -2.07. The molecule has 2 amide bonds. The van der Waals surface area contributed by atoms with E-state index in [9.17, 15) is 14.7 Å². The van der Waals surface area contributed by atoms with Crippen molar-refractivity contribution in [1.82, 2.24) is 15.2 Å². The topological polar surface area (TPSA) is 110 Å². The van der Waals surface area contributed by atoms with Gasteiger partial charge in [-0.2, -0.15) is 0 Å². The molecule has 0 bridgehead atoms. The van der Waals surface area contributed by atoms with E-state index in [0.717, 1.165) is 12.0 Å². The van der Waals surface area contributed by atoms with Crippen molar-refractivity contribution >= 4 is 11.8 Å². The number of fused-ring (bicyclic) bond motifs is 1. The molecule has 3 aliphatic heterocycles. The Morgan fingerprint density at radius 3 is 2.66 bits per heavy atom. The second-order valence-electron chi connectivity index (χ2n) is 8.85. The normalized spacial score (nSPS) is 29.5. The second kappa shape index (κ2) is 11.2. The molecule has 0 unspecified atom stereocenters. The first kappa shape index (κ1) is 23.1. The highest BCUT2D eigenvalue weighted by molar-refractivity contribution is 5.79. The SMILES string of the molecule is O=C(C[C@@H]1CC[C@@H]2[C@H](COC[C@H](O)CN2C(=O)C2CCOCC2)O1)NCc1ccncc1. The molecular weight excluding hydrogens is 414 g/mol. The van der Waals surface area contributed by atoms with E-state index in [4.69, 9.17) is 14.2 Å². The van der Waals surface area contributed by atoms with E-state index in [0.29, 0.717) is 45.6 Å². The van der Waals surface area contributed by atoms with Crippen molar-refractivity contribution in [2.24, 2.45) is 5.92 Å². The van der Waals surface area contributed by atoms with Crippen molar-refractivity contribution < 1.29 is 28.9 Å². The molecule has 1 aromatic heterocycles. The molecule has 4 atom stereocenters. The average molecular weight is 448 g/mol. The minimum atomic E-state index is -0.712.